The van der Waals surface area contributed by atoms with Crippen molar-refractivity contribution >= 4 is 11.3 Å². The lowest BCUT2D eigenvalue weighted by Gasteiger charge is -2.05. The molecule has 6 nitrogen and oxygen atoms in total. The van der Waals surface area contributed by atoms with Gasteiger partial charge in [-0.05, 0) is 25.1 Å². The van der Waals surface area contributed by atoms with Gasteiger partial charge in [0.05, 0.1) is 5.69 Å². The highest BCUT2D eigenvalue weighted by molar-refractivity contribution is 5.60. The molecule has 0 radical (unpaired) electrons. The Morgan fingerprint density at radius 1 is 1.04 bits per heavy atom. The van der Waals surface area contributed by atoms with Crippen LogP contribution in [0, 0.1) is 18.6 Å². The quantitative estimate of drug-likeness (QED) is 0.539. The van der Waals surface area contributed by atoms with Gasteiger partial charge in [-0.3, -0.25) is 0 Å². The van der Waals surface area contributed by atoms with Crippen LogP contribution in [0.25, 0.3) is 22.7 Å². The number of halogens is 2. The Hall–Kier alpha value is -3.16. The van der Waals surface area contributed by atoms with E-state index < -0.39 is 17.3 Å². The van der Waals surface area contributed by atoms with Gasteiger partial charge in [-0.1, -0.05) is 0 Å². The number of hydrogen-bond donors (Lipinski definition) is 0. The largest absolute Gasteiger partial charge is 0.355 e. The highest BCUT2D eigenvalue weighted by Gasteiger charge is 2.13. The van der Waals surface area contributed by atoms with Gasteiger partial charge in [0.15, 0.2) is 28.8 Å². The Labute approximate surface area is 127 Å². The average molecular weight is 313 g/mol. The maximum Gasteiger partial charge on any atom is 0.355 e. The van der Waals surface area contributed by atoms with Gasteiger partial charge in [0, 0.05) is 24.2 Å². The van der Waals surface area contributed by atoms with Gasteiger partial charge in [-0.2, -0.15) is 4.98 Å². The van der Waals surface area contributed by atoms with Crippen molar-refractivity contribution in [3.05, 3.63) is 64.6 Å². The second-order valence-electron chi connectivity index (χ2n) is 5.07. The van der Waals surface area contributed by atoms with Crippen LogP contribution >= 0.6 is 0 Å². The van der Waals surface area contributed by atoms with Gasteiger partial charge in [-0.15, -0.1) is 0 Å². The van der Waals surface area contributed by atoms with Crippen LogP contribution in [0.5, 0.6) is 0 Å². The monoisotopic (exact) mass is 313 g/mol. The molecule has 4 heterocycles. The fourth-order valence-electron chi connectivity index (χ4n) is 2.44. The number of rotatable bonds is 1. The molecule has 8 heteroatoms. The Bertz CT molecular complexity index is 1130. The zero-order chi connectivity index (χ0) is 16.1. The predicted octanol–water partition coefficient (Wildman–Crippen LogP) is 1.99. The van der Waals surface area contributed by atoms with E-state index in [-0.39, 0.29) is 22.7 Å². The minimum Gasteiger partial charge on any atom is -0.304 e. The van der Waals surface area contributed by atoms with Crippen LogP contribution in [0.15, 0.2) is 41.6 Å². The molecule has 4 rings (SSSR count). The first-order valence-electron chi connectivity index (χ1n) is 6.73. The second kappa shape index (κ2) is 4.67. The fraction of sp³-hybridized carbons (Fsp3) is 0.0667. The van der Waals surface area contributed by atoms with Crippen molar-refractivity contribution in [2.45, 2.75) is 6.92 Å². The lowest BCUT2D eigenvalue weighted by atomic mass is 10.2. The first-order chi connectivity index (χ1) is 11.0. The smallest absolute Gasteiger partial charge is 0.304 e. The highest BCUT2D eigenvalue weighted by Crippen LogP contribution is 2.19. The van der Waals surface area contributed by atoms with Crippen LogP contribution in [0.3, 0.4) is 0 Å². The number of pyridine rings is 2. The molecule has 0 saturated carbocycles. The van der Waals surface area contributed by atoms with Crippen LogP contribution in [0.1, 0.15) is 5.69 Å². The first-order valence-corrected chi connectivity index (χ1v) is 6.73. The number of hydrogen-bond acceptors (Lipinski definition) is 4. The standard InChI is InChI=1S/C15H9F2N5O/c1-8-6-21-7-9(5-11(17)13(21)18-8)12-19-14-10(16)3-2-4-22(14)15(23)20-12/h2-7H,1H3. The van der Waals surface area contributed by atoms with E-state index in [4.69, 9.17) is 0 Å². The van der Waals surface area contributed by atoms with E-state index >= 15 is 0 Å². The number of fused-ring (bicyclic) bond motifs is 2. The molecule has 114 valence electrons. The number of nitrogens with zero attached hydrogens (tertiary/aromatic N) is 5. The van der Waals surface area contributed by atoms with Crippen LogP contribution in [0.4, 0.5) is 8.78 Å². The molecule has 23 heavy (non-hydrogen) atoms. The molecule has 0 atom stereocenters. The van der Waals surface area contributed by atoms with Crippen molar-refractivity contribution in [2.75, 3.05) is 0 Å². The summed E-state index contributed by atoms with van der Waals surface area (Å²) in [6, 6.07) is 3.75. The summed E-state index contributed by atoms with van der Waals surface area (Å²) >= 11 is 0. The molecular formula is C15H9F2N5O. The zero-order valence-electron chi connectivity index (χ0n) is 11.9. The summed E-state index contributed by atoms with van der Waals surface area (Å²) in [7, 11) is 0. The van der Waals surface area contributed by atoms with E-state index in [9.17, 15) is 13.6 Å². The summed E-state index contributed by atoms with van der Waals surface area (Å²) in [5, 5.41) is 0. The molecule has 0 spiro atoms. The molecule has 0 aliphatic heterocycles. The maximum absolute atomic E-state index is 14.1. The Morgan fingerprint density at radius 3 is 2.70 bits per heavy atom. The summed E-state index contributed by atoms with van der Waals surface area (Å²) in [4.78, 5) is 23.9. The van der Waals surface area contributed by atoms with Crippen molar-refractivity contribution in [2.24, 2.45) is 0 Å². The molecule has 0 amide bonds. The third-order valence-electron chi connectivity index (χ3n) is 3.42. The third-order valence-corrected chi connectivity index (χ3v) is 3.42. The van der Waals surface area contributed by atoms with Crippen LogP contribution in [-0.4, -0.2) is 23.8 Å². The van der Waals surface area contributed by atoms with Crippen molar-refractivity contribution in [3.63, 3.8) is 0 Å². The Balaban J connectivity index is 2.02. The molecule has 4 aromatic rings. The van der Waals surface area contributed by atoms with Crippen LogP contribution < -0.4 is 5.69 Å². The summed E-state index contributed by atoms with van der Waals surface area (Å²) in [5.41, 5.74) is 0.216. The normalized spacial score (nSPS) is 11.4. The average Bonchev–Trinajstić information content (AvgIpc) is 2.89. The van der Waals surface area contributed by atoms with E-state index in [2.05, 4.69) is 15.0 Å². The van der Waals surface area contributed by atoms with Crippen LogP contribution in [-0.2, 0) is 0 Å². The molecule has 0 unspecified atom stereocenters. The lowest BCUT2D eigenvalue weighted by Crippen LogP contribution is -2.20. The molecule has 0 N–H and O–H groups in total. The molecule has 0 fully saturated rings. The summed E-state index contributed by atoms with van der Waals surface area (Å²) < 4.78 is 30.5. The number of aryl methyl sites for hydroxylation is 1. The molecule has 0 aliphatic carbocycles. The van der Waals surface area contributed by atoms with Crippen molar-refractivity contribution in [1.82, 2.24) is 23.8 Å². The van der Waals surface area contributed by atoms with E-state index in [0.29, 0.717) is 5.69 Å². The topological polar surface area (TPSA) is 64.6 Å². The summed E-state index contributed by atoms with van der Waals surface area (Å²) in [5.74, 6) is -1.28. The van der Waals surface area contributed by atoms with E-state index in [1.807, 2.05) is 0 Å². The summed E-state index contributed by atoms with van der Waals surface area (Å²) in [6.45, 7) is 1.74. The zero-order valence-corrected chi connectivity index (χ0v) is 11.9. The van der Waals surface area contributed by atoms with Gasteiger partial charge in [0.25, 0.3) is 0 Å². The van der Waals surface area contributed by atoms with E-state index in [1.165, 1.54) is 28.8 Å². The van der Waals surface area contributed by atoms with Crippen molar-refractivity contribution in [3.8, 4) is 11.4 Å². The van der Waals surface area contributed by atoms with Crippen LogP contribution in [0.2, 0.25) is 0 Å². The van der Waals surface area contributed by atoms with Gasteiger partial charge >= 0.3 is 5.69 Å². The maximum atomic E-state index is 14.1. The van der Waals surface area contributed by atoms with Gasteiger partial charge < -0.3 is 4.40 Å². The van der Waals surface area contributed by atoms with E-state index in [0.717, 1.165) is 4.40 Å². The van der Waals surface area contributed by atoms with E-state index in [1.54, 1.807) is 19.3 Å². The minimum atomic E-state index is -0.688. The van der Waals surface area contributed by atoms with Crippen molar-refractivity contribution < 1.29 is 8.78 Å². The highest BCUT2D eigenvalue weighted by atomic mass is 19.1. The van der Waals surface area contributed by atoms with Crippen molar-refractivity contribution in [1.29, 1.82) is 0 Å². The lowest BCUT2D eigenvalue weighted by molar-refractivity contribution is 0.624. The fourth-order valence-corrected chi connectivity index (χ4v) is 2.44. The first kappa shape index (κ1) is 13.5. The predicted molar refractivity (Wildman–Crippen MR) is 78.1 cm³/mol. The Morgan fingerprint density at radius 2 is 1.87 bits per heavy atom. The molecular weight excluding hydrogens is 304 g/mol. The summed E-state index contributed by atoms with van der Waals surface area (Å²) in [6.07, 6.45) is 4.55. The Kier molecular flexibility index (Phi) is 2.74. The molecule has 0 bridgehead atoms. The third kappa shape index (κ3) is 2.07. The SMILES string of the molecule is Cc1cn2cc(-c3nc(=O)n4cccc(F)c4n3)cc(F)c2n1. The molecule has 0 aromatic carbocycles. The van der Waals surface area contributed by atoms with Gasteiger partial charge in [0.2, 0.25) is 0 Å². The molecule has 0 aliphatic rings. The molecule has 4 aromatic heterocycles. The van der Waals surface area contributed by atoms with Gasteiger partial charge in [0.1, 0.15) is 0 Å². The second-order valence-corrected chi connectivity index (χ2v) is 5.07. The van der Waals surface area contributed by atoms with Gasteiger partial charge in [-0.25, -0.2) is 27.9 Å². The number of imidazole rings is 1. The minimum absolute atomic E-state index is 0.0488. The molecule has 0 saturated heterocycles. The number of aromatic nitrogens is 5.